The number of hydrogen-bond acceptors (Lipinski definition) is 5. The molecule has 0 spiro atoms. The lowest BCUT2D eigenvalue weighted by molar-refractivity contribution is -0.383. The molecule has 1 rings (SSSR count). The van der Waals surface area contributed by atoms with Gasteiger partial charge in [-0.05, 0) is 25.0 Å². The topological polar surface area (TPSA) is 87.4 Å². The average Bonchev–Trinajstić information content (AvgIpc) is 2.43. The third kappa shape index (κ3) is 3.57. The molecule has 0 saturated carbocycles. The number of nitrogens with one attached hydrogen (secondary N) is 2. The van der Waals surface area contributed by atoms with E-state index in [0.29, 0.717) is 24.2 Å². The predicted octanol–water partition coefficient (Wildman–Crippen LogP) is 2.60. The number of para-hydroxylation sites is 1. The number of nitro groups is 1. The van der Waals surface area contributed by atoms with Gasteiger partial charge in [0, 0.05) is 13.6 Å². The van der Waals surface area contributed by atoms with Crippen LogP contribution in [0.4, 0.5) is 17.1 Å². The molecule has 0 radical (unpaired) electrons. The van der Waals surface area contributed by atoms with Crippen molar-refractivity contribution in [3.8, 4) is 0 Å². The fourth-order valence-corrected chi connectivity index (χ4v) is 1.84. The molecule has 0 unspecified atom stereocenters. The van der Waals surface area contributed by atoms with Crippen LogP contribution in [0.2, 0.25) is 0 Å². The Labute approximate surface area is 113 Å². The monoisotopic (exact) mass is 267 g/mol. The zero-order valence-corrected chi connectivity index (χ0v) is 11.6. The number of benzene rings is 1. The summed E-state index contributed by atoms with van der Waals surface area (Å²) < 4.78 is 0. The fraction of sp³-hybridized carbons (Fsp3) is 0.538. The highest BCUT2D eigenvalue weighted by Crippen LogP contribution is 2.33. The molecule has 0 aliphatic carbocycles. The summed E-state index contributed by atoms with van der Waals surface area (Å²) in [6.07, 6.45) is 1.19. The predicted molar refractivity (Wildman–Crippen MR) is 76.7 cm³/mol. The molecule has 0 heterocycles. The lowest BCUT2D eigenvalue weighted by atomic mass is 9.97. The van der Waals surface area contributed by atoms with Crippen LogP contribution >= 0.6 is 0 Å². The van der Waals surface area contributed by atoms with Crippen LogP contribution in [-0.2, 0) is 0 Å². The molecule has 0 aromatic heterocycles. The van der Waals surface area contributed by atoms with E-state index in [-0.39, 0.29) is 12.2 Å². The molecule has 1 aromatic rings. The summed E-state index contributed by atoms with van der Waals surface area (Å²) in [4.78, 5) is 10.7. The normalized spacial score (nSPS) is 11.2. The van der Waals surface area contributed by atoms with Gasteiger partial charge in [0.05, 0.1) is 10.5 Å². The van der Waals surface area contributed by atoms with Gasteiger partial charge in [-0.3, -0.25) is 10.1 Å². The Morgan fingerprint density at radius 1 is 1.32 bits per heavy atom. The Balaban J connectivity index is 2.98. The van der Waals surface area contributed by atoms with Gasteiger partial charge < -0.3 is 15.7 Å². The van der Waals surface area contributed by atoms with Crippen molar-refractivity contribution in [3.05, 3.63) is 28.3 Å². The molecule has 0 amide bonds. The minimum Gasteiger partial charge on any atom is -0.388 e. The highest BCUT2D eigenvalue weighted by molar-refractivity contribution is 5.76. The van der Waals surface area contributed by atoms with Gasteiger partial charge in [0.2, 0.25) is 0 Å². The molecular formula is C13H21N3O3. The van der Waals surface area contributed by atoms with Crippen molar-refractivity contribution in [2.45, 2.75) is 32.3 Å². The Bertz CT molecular complexity index is 445. The van der Waals surface area contributed by atoms with Crippen molar-refractivity contribution >= 4 is 17.1 Å². The van der Waals surface area contributed by atoms with Gasteiger partial charge in [-0.2, -0.15) is 0 Å². The number of aliphatic hydroxyl groups is 1. The summed E-state index contributed by atoms with van der Waals surface area (Å²) in [6.45, 7) is 4.07. The molecule has 3 N–H and O–H groups in total. The van der Waals surface area contributed by atoms with E-state index >= 15 is 0 Å². The Hall–Kier alpha value is -1.82. The second-order valence-electron chi connectivity index (χ2n) is 4.49. The molecule has 19 heavy (non-hydrogen) atoms. The molecule has 6 nitrogen and oxygen atoms in total. The third-order valence-corrected chi connectivity index (χ3v) is 3.41. The summed E-state index contributed by atoms with van der Waals surface area (Å²) in [5.41, 5.74) is 0.0204. The molecule has 6 heteroatoms. The number of hydrogen-bond donors (Lipinski definition) is 3. The van der Waals surface area contributed by atoms with E-state index in [1.807, 2.05) is 13.8 Å². The zero-order valence-electron chi connectivity index (χ0n) is 11.6. The standard InChI is InChI=1S/C13H21N3O3/c1-4-13(17,5-2)9-15-11-8-6-7-10(14-3)12(11)16(18)19/h6-8,14-15,17H,4-5,9H2,1-3H3. The largest absolute Gasteiger partial charge is 0.388 e. The SMILES string of the molecule is CCC(O)(CC)CNc1cccc(NC)c1[N+](=O)[O-]. The maximum atomic E-state index is 11.1. The van der Waals surface area contributed by atoms with Crippen LogP contribution in [0.3, 0.4) is 0 Å². The molecule has 1 aromatic carbocycles. The van der Waals surface area contributed by atoms with Crippen LogP contribution < -0.4 is 10.6 Å². The van der Waals surface area contributed by atoms with Crippen molar-refractivity contribution in [1.82, 2.24) is 0 Å². The van der Waals surface area contributed by atoms with Gasteiger partial charge in [-0.15, -0.1) is 0 Å². The molecule has 0 aliphatic heterocycles. The van der Waals surface area contributed by atoms with E-state index in [4.69, 9.17) is 0 Å². The summed E-state index contributed by atoms with van der Waals surface area (Å²) in [6, 6.07) is 5.03. The summed E-state index contributed by atoms with van der Waals surface area (Å²) in [5, 5.41) is 27.1. The molecule has 0 fully saturated rings. The van der Waals surface area contributed by atoms with E-state index in [9.17, 15) is 15.2 Å². The van der Waals surface area contributed by atoms with Crippen LogP contribution in [0.5, 0.6) is 0 Å². The van der Waals surface area contributed by atoms with Crippen molar-refractivity contribution in [2.24, 2.45) is 0 Å². The molecule has 0 aliphatic rings. The average molecular weight is 267 g/mol. The van der Waals surface area contributed by atoms with E-state index < -0.39 is 10.5 Å². The van der Waals surface area contributed by atoms with Crippen molar-refractivity contribution in [3.63, 3.8) is 0 Å². The van der Waals surface area contributed by atoms with Crippen LogP contribution in [0.1, 0.15) is 26.7 Å². The van der Waals surface area contributed by atoms with Crippen LogP contribution in [0.25, 0.3) is 0 Å². The van der Waals surface area contributed by atoms with Gasteiger partial charge in [0.1, 0.15) is 11.4 Å². The first-order chi connectivity index (χ1) is 8.97. The second-order valence-corrected chi connectivity index (χ2v) is 4.49. The molecule has 106 valence electrons. The van der Waals surface area contributed by atoms with Gasteiger partial charge in [0.25, 0.3) is 0 Å². The van der Waals surface area contributed by atoms with E-state index in [1.165, 1.54) is 0 Å². The number of anilines is 2. The van der Waals surface area contributed by atoms with Gasteiger partial charge >= 0.3 is 5.69 Å². The molecular weight excluding hydrogens is 246 g/mol. The lowest BCUT2D eigenvalue weighted by Crippen LogP contribution is -2.35. The smallest absolute Gasteiger partial charge is 0.315 e. The van der Waals surface area contributed by atoms with Crippen LogP contribution in [0, 0.1) is 10.1 Å². The first-order valence-electron chi connectivity index (χ1n) is 6.38. The minimum atomic E-state index is -0.844. The van der Waals surface area contributed by atoms with Crippen molar-refractivity contribution < 1.29 is 10.0 Å². The van der Waals surface area contributed by atoms with Crippen molar-refractivity contribution in [2.75, 3.05) is 24.2 Å². The van der Waals surface area contributed by atoms with Gasteiger partial charge in [-0.1, -0.05) is 19.9 Å². The quantitative estimate of drug-likeness (QED) is 0.522. The molecule has 0 atom stereocenters. The van der Waals surface area contributed by atoms with Crippen LogP contribution in [-0.4, -0.2) is 29.2 Å². The van der Waals surface area contributed by atoms with Crippen LogP contribution in [0.15, 0.2) is 18.2 Å². The molecule has 0 saturated heterocycles. The lowest BCUT2D eigenvalue weighted by Gasteiger charge is -2.26. The van der Waals surface area contributed by atoms with E-state index in [2.05, 4.69) is 10.6 Å². The summed E-state index contributed by atoms with van der Waals surface area (Å²) >= 11 is 0. The minimum absolute atomic E-state index is 0.000411. The molecule has 0 bridgehead atoms. The number of nitrogens with zero attached hydrogens (tertiary/aromatic N) is 1. The summed E-state index contributed by atoms with van der Waals surface area (Å²) in [7, 11) is 1.64. The van der Waals surface area contributed by atoms with E-state index in [0.717, 1.165) is 0 Å². The highest BCUT2D eigenvalue weighted by Gasteiger charge is 2.24. The Morgan fingerprint density at radius 2 is 1.89 bits per heavy atom. The highest BCUT2D eigenvalue weighted by atomic mass is 16.6. The first-order valence-corrected chi connectivity index (χ1v) is 6.38. The van der Waals surface area contributed by atoms with Gasteiger partial charge in [0.15, 0.2) is 0 Å². The first kappa shape index (κ1) is 15.2. The summed E-state index contributed by atoms with van der Waals surface area (Å²) in [5.74, 6) is 0. The zero-order chi connectivity index (χ0) is 14.5. The number of nitro benzene ring substituents is 1. The van der Waals surface area contributed by atoms with Crippen molar-refractivity contribution in [1.29, 1.82) is 0 Å². The maximum Gasteiger partial charge on any atom is 0.315 e. The van der Waals surface area contributed by atoms with Gasteiger partial charge in [-0.25, -0.2) is 0 Å². The third-order valence-electron chi connectivity index (χ3n) is 3.41. The maximum absolute atomic E-state index is 11.1. The second kappa shape index (κ2) is 6.38. The fourth-order valence-electron chi connectivity index (χ4n) is 1.84. The Kier molecular flexibility index (Phi) is 5.11. The number of rotatable bonds is 7. The van der Waals surface area contributed by atoms with E-state index in [1.54, 1.807) is 25.2 Å². The Morgan fingerprint density at radius 3 is 2.37 bits per heavy atom.